The molecule has 50 heavy (non-hydrogen) atoms. The largest absolute Gasteiger partial charge is 0.508 e. The summed E-state index contributed by atoms with van der Waals surface area (Å²) in [6.45, 7) is 0. The fraction of sp³-hybridized carbons (Fsp3) is 0.182. The first kappa shape index (κ1) is 34.0. The molecule has 0 fully saturated rings. The van der Waals surface area contributed by atoms with Crippen molar-refractivity contribution in [1.29, 1.82) is 0 Å². The highest BCUT2D eigenvalue weighted by Crippen LogP contribution is 2.48. The maximum atomic E-state index is 10.3. The Kier molecular flexibility index (Phi) is 10.0. The molecule has 0 heterocycles. The third-order valence-corrected chi connectivity index (χ3v) is 9.96. The maximum Gasteiger partial charge on any atom is 0.118 e. The summed E-state index contributed by atoms with van der Waals surface area (Å²) in [4.78, 5) is 0. The van der Waals surface area contributed by atoms with Crippen LogP contribution in [0.4, 0.5) is 0 Å². The molecule has 4 N–H and O–H groups in total. The van der Waals surface area contributed by atoms with Crippen LogP contribution >= 0.6 is 0 Å². The lowest BCUT2D eigenvalue weighted by atomic mass is 9.64. The SMILES string of the molecule is COc1ccc(C(CCCCC(c2ccc(O)cc2)(c2ccc(O)cc2)c2ccc(OC)cc2)(c2ccc(O)cc2)c2ccc(O)cc2)cc1. The number of benzene rings is 6. The Morgan fingerprint density at radius 2 is 0.540 bits per heavy atom. The molecule has 0 aliphatic rings. The highest BCUT2D eigenvalue weighted by molar-refractivity contribution is 5.55. The van der Waals surface area contributed by atoms with Crippen LogP contribution in [0.15, 0.2) is 146 Å². The molecule has 0 unspecified atom stereocenters. The molecule has 6 nitrogen and oxygen atoms in total. The minimum Gasteiger partial charge on any atom is -0.508 e. The highest BCUT2D eigenvalue weighted by Gasteiger charge is 2.39. The summed E-state index contributed by atoms with van der Waals surface area (Å²) in [7, 11) is 3.30. The predicted octanol–water partition coefficient (Wildman–Crippen LogP) is 9.46. The molecule has 0 aliphatic heterocycles. The summed E-state index contributed by atoms with van der Waals surface area (Å²) < 4.78 is 11.0. The first-order chi connectivity index (χ1) is 24.3. The van der Waals surface area contributed by atoms with E-state index in [2.05, 4.69) is 24.3 Å². The molecule has 6 rings (SSSR count). The van der Waals surface area contributed by atoms with Gasteiger partial charge in [-0.15, -0.1) is 0 Å². The van der Waals surface area contributed by atoms with Crippen molar-refractivity contribution in [1.82, 2.24) is 0 Å². The summed E-state index contributed by atoms with van der Waals surface area (Å²) in [5.74, 6) is 2.27. The second-order valence-corrected chi connectivity index (χ2v) is 12.7. The van der Waals surface area contributed by atoms with E-state index in [0.29, 0.717) is 0 Å². The molecule has 0 saturated carbocycles. The zero-order chi connectivity index (χ0) is 35.1. The van der Waals surface area contributed by atoms with Gasteiger partial charge in [0, 0.05) is 10.8 Å². The smallest absolute Gasteiger partial charge is 0.118 e. The molecule has 0 amide bonds. The first-order valence-corrected chi connectivity index (χ1v) is 16.8. The number of hydrogen-bond donors (Lipinski definition) is 4. The standard InChI is InChI=1S/C44H42O6/c1-49-41-25-13-35(14-26-41)43(31-5-17-37(45)18-6-31,32-7-19-38(46)20-8-32)29-3-4-30-44(33-9-21-39(47)22-10-33,34-11-23-40(48)24-12-34)36-15-27-42(50-2)28-16-36/h5-28,45-48H,3-4,29-30H2,1-2H3. The quantitative estimate of drug-likeness (QED) is 0.0724. The monoisotopic (exact) mass is 666 g/mol. The number of phenolic OH excluding ortho intramolecular Hbond substituents is 4. The van der Waals surface area contributed by atoms with Gasteiger partial charge in [-0.3, -0.25) is 0 Å². The number of aromatic hydroxyl groups is 4. The van der Waals surface area contributed by atoms with Gasteiger partial charge >= 0.3 is 0 Å². The van der Waals surface area contributed by atoms with E-state index in [4.69, 9.17) is 9.47 Å². The van der Waals surface area contributed by atoms with Gasteiger partial charge in [0.2, 0.25) is 0 Å². The predicted molar refractivity (Wildman–Crippen MR) is 197 cm³/mol. The fourth-order valence-corrected chi connectivity index (χ4v) is 7.38. The van der Waals surface area contributed by atoms with Crippen LogP contribution in [0.1, 0.15) is 59.1 Å². The number of ether oxygens (including phenoxy) is 2. The molecule has 0 bridgehead atoms. The second-order valence-electron chi connectivity index (χ2n) is 12.7. The van der Waals surface area contributed by atoms with Crippen LogP contribution in [-0.2, 0) is 10.8 Å². The van der Waals surface area contributed by atoms with Gasteiger partial charge in [0.15, 0.2) is 0 Å². The first-order valence-electron chi connectivity index (χ1n) is 16.8. The van der Waals surface area contributed by atoms with Crippen LogP contribution in [0.25, 0.3) is 0 Å². The van der Waals surface area contributed by atoms with E-state index < -0.39 is 10.8 Å². The maximum absolute atomic E-state index is 10.3. The molecular weight excluding hydrogens is 624 g/mol. The molecule has 254 valence electrons. The van der Waals surface area contributed by atoms with E-state index >= 15 is 0 Å². The van der Waals surface area contributed by atoms with E-state index in [9.17, 15) is 20.4 Å². The molecule has 6 aromatic carbocycles. The summed E-state index contributed by atoms with van der Waals surface area (Å²) in [6, 6.07) is 45.8. The normalized spacial score (nSPS) is 11.6. The lowest BCUT2D eigenvalue weighted by molar-refractivity contribution is 0.413. The van der Waals surface area contributed by atoms with Gasteiger partial charge in [0.1, 0.15) is 34.5 Å². The van der Waals surface area contributed by atoms with Crippen LogP contribution in [0.2, 0.25) is 0 Å². The number of unbranched alkanes of at least 4 members (excludes halogenated alkanes) is 1. The fourth-order valence-electron chi connectivity index (χ4n) is 7.38. The molecule has 0 aromatic heterocycles. The molecular formula is C44H42O6. The van der Waals surface area contributed by atoms with Crippen molar-refractivity contribution in [2.75, 3.05) is 14.2 Å². The van der Waals surface area contributed by atoms with Crippen LogP contribution in [0.5, 0.6) is 34.5 Å². The Morgan fingerprint density at radius 1 is 0.340 bits per heavy atom. The van der Waals surface area contributed by atoms with Crippen LogP contribution in [0.3, 0.4) is 0 Å². The number of methoxy groups -OCH3 is 2. The van der Waals surface area contributed by atoms with Gasteiger partial charge in [0.25, 0.3) is 0 Å². The van der Waals surface area contributed by atoms with Crippen LogP contribution in [-0.4, -0.2) is 34.6 Å². The summed E-state index contributed by atoms with van der Waals surface area (Å²) >= 11 is 0. The van der Waals surface area contributed by atoms with Crippen molar-refractivity contribution in [2.45, 2.75) is 36.5 Å². The number of phenols is 4. The Labute approximate surface area is 293 Å². The molecule has 6 aromatic rings. The minimum atomic E-state index is -0.618. The van der Waals surface area contributed by atoms with Crippen molar-refractivity contribution in [3.05, 3.63) is 179 Å². The minimum absolute atomic E-state index is 0.190. The van der Waals surface area contributed by atoms with Crippen LogP contribution in [0, 0.1) is 0 Å². The topological polar surface area (TPSA) is 99.4 Å². The Hall–Kier alpha value is -5.88. The molecule has 0 radical (unpaired) electrons. The number of rotatable bonds is 13. The van der Waals surface area contributed by atoms with E-state index in [1.54, 1.807) is 62.8 Å². The Bertz CT molecular complexity index is 1730. The summed E-state index contributed by atoms with van der Waals surface area (Å²) in [5, 5.41) is 41.1. The van der Waals surface area contributed by atoms with E-state index in [1.165, 1.54) is 0 Å². The Balaban J connectivity index is 1.45. The van der Waals surface area contributed by atoms with E-state index in [0.717, 1.165) is 70.6 Å². The van der Waals surface area contributed by atoms with Crippen molar-refractivity contribution >= 4 is 0 Å². The Morgan fingerprint density at radius 3 is 0.740 bits per heavy atom. The molecule has 0 spiro atoms. The van der Waals surface area contributed by atoms with Gasteiger partial charge in [-0.1, -0.05) is 85.6 Å². The van der Waals surface area contributed by atoms with Crippen molar-refractivity contribution in [2.24, 2.45) is 0 Å². The zero-order valence-electron chi connectivity index (χ0n) is 28.3. The second kappa shape index (κ2) is 14.7. The average molecular weight is 667 g/mol. The lowest BCUT2D eigenvalue weighted by Gasteiger charge is -2.38. The van der Waals surface area contributed by atoms with Gasteiger partial charge in [0.05, 0.1) is 14.2 Å². The highest BCUT2D eigenvalue weighted by atomic mass is 16.5. The van der Waals surface area contributed by atoms with Gasteiger partial charge in [-0.25, -0.2) is 0 Å². The van der Waals surface area contributed by atoms with Gasteiger partial charge < -0.3 is 29.9 Å². The molecule has 0 saturated heterocycles. The van der Waals surface area contributed by atoms with Gasteiger partial charge in [-0.05, 0) is 119 Å². The van der Waals surface area contributed by atoms with E-state index in [1.807, 2.05) is 72.8 Å². The molecule has 0 atom stereocenters. The van der Waals surface area contributed by atoms with Crippen molar-refractivity contribution in [3.63, 3.8) is 0 Å². The molecule has 0 aliphatic carbocycles. The van der Waals surface area contributed by atoms with Gasteiger partial charge in [-0.2, -0.15) is 0 Å². The summed E-state index contributed by atoms with van der Waals surface area (Å²) in [5.41, 5.74) is 4.96. The van der Waals surface area contributed by atoms with Crippen LogP contribution < -0.4 is 9.47 Å². The number of hydrogen-bond acceptors (Lipinski definition) is 6. The van der Waals surface area contributed by atoms with E-state index in [-0.39, 0.29) is 23.0 Å². The third kappa shape index (κ3) is 6.70. The third-order valence-electron chi connectivity index (χ3n) is 9.96. The van der Waals surface area contributed by atoms with Crippen molar-refractivity contribution < 1.29 is 29.9 Å². The molecule has 6 heteroatoms. The summed E-state index contributed by atoms with van der Waals surface area (Å²) in [6.07, 6.45) is 3.06. The lowest BCUT2D eigenvalue weighted by Crippen LogP contribution is -2.31. The zero-order valence-corrected chi connectivity index (χ0v) is 28.3. The average Bonchev–Trinajstić information content (AvgIpc) is 3.15. The van der Waals surface area contributed by atoms with Crippen molar-refractivity contribution in [3.8, 4) is 34.5 Å².